The van der Waals surface area contributed by atoms with Gasteiger partial charge in [-0.05, 0) is 26.2 Å². The molecule has 0 spiro atoms. The zero-order valence-corrected chi connectivity index (χ0v) is 19.8. The molecule has 0 aliphatic carbocycles. The summed E-state index contributed by atoms with van der Waals surface area (Å²) in [5, 5.41) is 25.7. The highest BCUT2D eigenvalue weighted by molar-refractivity contribution is 5.94. The Morgan fingerprint density at radius 2 is 1.61 bits per heavy atom. The quantitative estimate of drug-likeness (QED) is 0.0603. The Morgan fingerprint density at radius 1 is 1.00 bits per heavy atom. The second kappa shape index (κ2) is 14.9. The molecule has 3 amide bonds. The number of H-pyrrole nitrogens is 1. The Morgan fingerprint density at radius 3 is 2.14 bits per heavy atom. The molecule has 36 heavy (non-hydrogen) atoms. The number of rotatable bonds is 16. The molecular formula is C20H33N9O7. The van der Waals surface area contributed by atoms with Crippen LogP contribution >= 0.6 is 0 Å². The van der Waals surface area contributed by atoms with Gasteiger partial charge in [-0.25, -0.2) is 9.78 Å². The van der Waals surface area contributed by atoms with Crippen molar-refractivity contribution in [2.75, 3.05) is 6.54 Å². The van der Waals surface area contributed by atoms with Gasteiger partial charge in [-0.3, -0.25) is 24.2 Å². The highest BCUT2D eigenvalue weighted by Crippen LogP contribution is 2.06. The van der Waals surface area contributed by atoms with Crippen molar-refractivity contribution in [1.82, 2.24) is 25.9 Å². The number of nitrogens with zero attached hydrogens (tertiary/aromatic N) is 2. The van der Waals surface area contributed by atoms with Gasteiger partial charge in [0.1, 0.15) is 18.1 Å². The van der Waals surface area contributed by atoms with Crippen LogP contribution in [-0.2, 0) is 30.4 Å². The molecule has 0 aliphatic heterocycles. The van der Waals surface area contributed by atoms with Gasteiger partial charge in [0.05, 0.1) is 12.4 Å². The molecule has 1 aromatic heterocycles. The van der Waals surface area contributed by atoms with Crippen molar-refractivity contribution >= 4 is 35.6 Å². The number of carboxylic acid groups (broad SMARTS) is 2. The molecule has 16 heteroatoms. The summed E-state index contributed by atoms with van der Waals surface area (Å²) < 4.78 is 0. The fraction of sp³-hybridized carbons (Fsp3) is 0.550. The number of aromatic nitrogens is 2. The molecule has 1 heterocycles. The molecule has 0 saturated heterocycles. The molecule has 1 aromatic rings. The Kier molecular flexibility index (Phi) is 12.4. The first-order valence-electron chi connectivity index (χ1n) is 11.0. The van der Waals surface area contributed by atoms with Gasteiger partial charge < -0.3 is 48.3 Å². The molecule has 0 saturated carbocycles. The number of carboxylic acids is 2. The first-order valence-corrected chi connectivity index (χ1v) is 11.0. The number of hydrogen-bond acceptors (Lipinski definition) is 8. The zero-order valence-electron chi connectivity index (χ0n) is 19.8. The van der Waals surface area contributed by atoms with E-state index in [4.69, 9.17) is 22.3 Å². The summed E-state index contributed by atoms with van der Waals surface area (Å²) in [6.07, 6.45) is 2.18. The van der Waals surface area contributed by atoms with E-state index in [1.165, 1.54) is 19.4 Å². The van der Waals surface area contributed by atoms with Crippen LogP contribution in [0.25, 0.3) is 0 Å². The van der Waals surface area contributed by atoms with E-state index in [1.807, 2.05) is 0 Å². The van der Waals surface area contributed by atoms with Gasteiger partial charge >= 0.3 is 11.9 Å². The lowest BCUT2D eigenvalue weighted by atomic mass is 10.1. The summed E-state index contributed by atoms with van der Waals surface area (Å²) in [6, 6.07) is -4.85. The largest absolute Gasteiger partial charge is 0.481 e. The molecule has 0 aromatic carbocycles. The predicted octanol–water partition coefficient (Wildman–Crippen LogP) is -3.24. The molecule has 0 radical (unpaired) electrons. The summed E-state index contributed by atoms with van der Waals surface area (Å²) in [5.74, 6) is -5.07. The second-order valence-corrected chi connectivity index (χ2v) is 7.97. The van der Waals surface area contributed by atoms with E-state index in [0.29, 0.717) is 5.69 Å². The Balaban J connectivity index is 2.99. The summed E-state index contributed by atoms with van der Waals surface area (Å²) in [6.45, 7) is 1.55. The number of nitrogens with two attached hydrogens (primary N) is 3. The number of hydrogen-bond donors (Lipinski definition) is 9. The summed E-state index contributed by atoms with van der Waals surface area (Å²) in [4.78, 5) is 71.0. The third kappa shape index (κ3) is 11.3. The van der Waals surface area contributed by atoms with Crippen LogP contribution < -0.4 is 33.2 Å². The van der Waals surface area contributed by atoms with Gasteiger partial charge in [0, 0.05) is 31.3 Å². The molecule has 200 valence electrons. The standard InChI is InChI=1S/C20H33N9O7/c1-10(21)16(32)29-14(7-11-8-24-9-26-11)18(34)27-12(4-5-15(30)31)17(33)28-13(19(35)36)3-2-6-25-20(22)23/h8-10,12-14H,2-7,21H2,1H3,(H,24,26)(H,27,34)(H,28,33)(H,29,32)(H,30,31)(H,35,36)(H4,22,23,25). The molecule has 4 atom stereocenters. The maximum Gasteiger partial charge on any atom is 0.326 e. The third-order valence-corrected chi connectivity index (χ3v) is 4.87. The van der Waals surface area contributed by atoms with Crippen LogP contribution in [0.2, 0.25) is 0 Å². The van der Waals surface area contributed by atoms with Crippen molar-refractivity contribution in [3.05, 3.63) is 18.2 Å². The molecular weight excluding hydrogens is 478 g/mol. The number of aliphatic imine (C=N–C) groups is 1. The second-order valence-electron chi connectivity index (χ2n) is 7.97. The Bertz CT molecular complexity index is 930. The molecule has 16 nitrogen and oxygen atoms in total. The molecule has 4 unspecified atom stereocenters. The van der Waals surface area contributed by atoms with Crippen LogP contribution in [0.1, 0.15) is 38.3 Å². The van der Waals surface area contributed by atoms with Crippen molar-refractivity contribution in [2.24, 2.45) is 22.2 Å². The van der Waals surface area contributed by atoms with E-state index >= 15 is 0 Å². The van der Waals surface area contributed by atoms with Gasteiger partial charge in [0.15, 0.2) is 5.96 Å². The molecule has 0 bridgehead atoms. The zero-order chi connectivity index (χ0) is 27.3. The van der Waals surface area contributed by atoms with Crippen molar-refractivity contribution < 1.29 is 34.2 Å². The molecule has 12 N–H and O–H groups in total. The number of amides is 3. The van der Waals surface area contributed by atoms with E-state index < -0.39 is 60.2 Å². The van der Waals surface area contributed by atoms with Gasteiger partial charge in [-0.2, -0.15) is 0 Å². The van der Waals surface area contributed by atoms with Crippen LogP contribution in [0.3, 0.4) is 0 Å². The SMILES string of the molecule is CC(N)C(=O)NC(Cc1cnc[nH]1)C(=O)NC(CCC(=O)O)C(=O)NC(CCCN=C(N)N)C(=O)O. The van der Waals surface area contributed by atoms with Crippen molar-refractivity contribution in [2.45, 2.75) is 63.2 Å². The first kappa shape index (κ1) is 29.8. The normalized spacial score (nSPS) is 13.9. The van der Waals surface area contributed by atoms with Crippen LogP contribution in [0.15, 0.2) is 17.5 Å². The number of guanidine groups is 1. The van der Waals surface area contributed by atoms with Crippen LogP contribution in [-0.4, -0.2) is 86.5 Å². The highest BCUT2D eigenvalue weighted by atomic mass is 16.4. The number of nitrogens with one attached hydrogen (secondary N) is 4. The van der Waals surface area contributed by atoms with E-state index in [9.17, 15) is 29.1 Å². The predicted molar refractivity (Wildman–Crippen MR) is 126 cm³/mol. The average Bonchev–Trinajstić information content (AvgIpc) is 3.30. The minimum absolute atomic E-state index is 0.0235. The number of carbonyl (C=O) groups excluding carboxylic acids is 3. The van der Waals surface area contributed by atoms with E-state index in [2.05, 4.69) is 30.9 Å². The Labute approximate surface area is 206 Å². The minimum atomic E-state index is -1.40. The van der Waals surface area contributed by atoms with Gasteiger partial charge in [-0.1, -0.05) is 0 Å². The summed E-state index contributed by atoms with van der Waals surface area (Å²) in [7, 11) is 0. The lowest BCUT2D eigenvalue weighted by Gasteiger charge is -2.24. The lowest BCUT2D eigenvalue weighted by Crippen LogP contribution is -2.57. The first-order chi connectivity index (χ1) is 16.9. The molecule has 0 aliphatic rings. The maximum absolute atomic E-state index is 13.0. The van der Waals surface area contributed by atoms with E-state index in [1.54, 1.807) is 0 Å². The number of carbonyl (C=O) groups is 5. The smallest absolute Gasteiger partial charge is 0.326 e. The van der Waals surface area contributed by atoms with Crippen molar-refractivity contribution in [1.29, 1.82) is 0 Å². The molecule has 0 fully saturated rings. The Hall–Kier alpha value is -4.21. The third-order valence-electron chi connectivity index (χ3n) is 4.87. The van der Waals surface area contributed by atoms with Gasteiger partial charge in [0.25, 0.3) is 0 Å². The maximum atomic E-state index is 13.0. The fourth-order valence-electron chi connectivity index (χ4n) is 2.97. The number of imidazole rings is 1. The van der Waals surface area contributed by atoms with Crippen LogP contribution in [0.5, 0.6) is 0 Å². The van der Waals surface area contributed by atoms with Crippen molar-refractivity contribution in [3.8, 4) is 0 Å². The van der Waals surface area contributed by atoms with Crippen LogP contribution in [0, 0.1) is 0 Å². The van der Waals surface area contributed by atoms with Gasteiger partial charge in [0.2, 0.25) is 17.7 Å². The highest BCUT2D eigenvalue weighted by Gasteiger charge is 2.30. The topological polar surface area (TPSA) is 281 Å². The summed E-state index contributed by atoms with van der Waals surface area (Å²) >= 11 is 0. The lowest BCUT2D eigenvalue weighted by molar-refractivity contribution is -0.143. The van der Waals surface area contributed by atoms with E-state index in [-0.39, 0.29) is 38.2 Å². The van der Waals surface area contributed by atoms with Crippen molar-refractivity contribution in [3.63, 3.8) is 0 Å². The monoisotopic (exact) mass is 511 g/mol. The average molecular weight is 512 g/mol. The number of aromatic amines is 1. The minimum Gasteiger partial charge on any atom is -0.481 e. The fourth-order valence-corrected chi connectivity index (χ4v) is 2.97. The van der Waals surface area contributed by atoms with Crippen LogP contribution in [0.4, 0.5) is 0 Å². The van der Waals surface area contributed by atoms with Gasteiger partial charge in [-0.15, -0.1) is 0 Å². The molecule has 1 rings (SSSR count). The summed E-state index contributed by atoms with van der Waals surface area (Å²) in [5.41, 5.74) is 16.5. The van der Waals surface area contributed by atoms with E-state index in [0.717, 1.165) is 0 Å². The number of aliphatic carboxylic acids is 2.